The van der Waals surface area contributed by atoms with Crippen LogP contribution in [0.25, 0.3) is 0 Å². The van der Waals surface area contributed by atoms with Crippen LogP contribution in [-0.2, 0) is 0 Å². The van der Waals surface area contributed by atoms with Crippen LogP contribution < -0.4 is 0 Å². The van der Waals surface area contributed by atoms with Gasteiger partial charge in [0.1, 0.15) is 0 Å². The van der Waals surface area contributed by atoms with Crippen molar-refractivity contribution < 1.29 is 20.4 Å². The molecule has 66 valence electrons. The maximum absolute atomic E-state index is 9.25. The summed E-state index contributed by atoms with van der Waals surface area (Å²) in [6, 6.07) is 0. The molecule has 0 bridgehead atoms. The quantitative estimate of drug-likeness (QED) is 0.390. The standard InChI is InChI=1S/C6H12O4Se/c7-1-4-6(10)5(9)3(8)2-11-4/h3-10H,1-2H2/t3-,4+,5+,6+/m0/s1. The minimum absolute atomic E-state index is 0.0345. The van der Waals surface area contributed by atoms with Gasteiger partial charge in [0.15, 0.2) is 0 Å². The van der Waals surface area contributed by atoms with Gasteiger partial charge in [0, 0.05) is 0 Å². The molecule has 0 aromatic heterocycles. The van der Waals surface area contributed by atoms with Gasteiger partial charge in [0.05, 0.1) is 0 Å². The summed E-state index contributed by atoms with van der Waals surface area (Å²) in [6.07, 6.45) is -2.85. The van der Waals surface area contributed by atoms with E-state index in [0.29, 0.717) is 5.32 Å². The second-order valence-electron chi connectivity index (χ2n) is 2.60. The number of hydrogen-bond acceptors (Lipinski definition) is 4. The van der Waals surface area contributed by atoms with Crippen LogP contribution in [0.15, 0.2) is 0 Å². The van der Waals surface area contributed by atoms with Crippen molar-refractivity contribution in [3.8, 4) is 0 Å². The van der Waals surface area contributed by atoms with E-state index in [2.05, 4.69) is 0 Å². The topological polar surface area (TPSA) is 80.9 Å². The van der Waals surface area contributed by atoms with Crippen molar-refractivity contribution in [2.24, 2.45) is 0 Å². The molecule has 0 aliphatic carbocycles. The van der Waals surface area contributed by atoms with Crippen LogP contribution in [0.4, 0.5) is 0 Å². The minimum atomic E-state index is -1.08. The van der Waals surface area contributed by atoms with Gasteiger partial charge in [-0.2, -0.15) is 0 Å². The van der Waals surface area contributed by atoms with Crippen molar-refractivity contribution in [1.29, 1.82) is 0 Å². The van der Waals surface area contributed by atoms with E-state index in [1.807, 2.05) is 0 Å². The van der Waals surface area contributed by atoms with Crippen molar-refractivity contribution in [3.63, 3.8) is 0 Å². The van der Waals surface area contributed by atoms with Gasteiger partial charge >= 0.3 is 70.4 Å². The monoisotopic (exact) mass is 228 g/mol. The molecule has 0 aromatic rings. The molecular weight excluding hydrogens is 215 g/mol. The fourth-order valence-corrected chi connectivity index (χ4v) is 3.35. The molecule has 1 heterocycles. The summed E-state index contributed by atoms with van der Waals surface area (Å²) in [7, 11) is 0. The average molecular weight is 227 g/mol. The van der Waals surface area contributed by atoms with Crippen molar-refractivity contribution in [2.75, 3.05) is 6.61 Å². The van der Waals surface area contributed by atoms with Crippen molar-refractivity contribution in [1.82, 2.24) is 0 Å². The average Bonchev–Trinajstić information content (AvgIpc) is 2.01. The second-order valence-corrected chi connectivity index (χ2v) is 5.27. The first-order valence-corrected chi connectivity index (χ1v) is 5.63. The van der Waals surface area contributed by atoms with E-state index in [1.54, 1.807) is 0 Å². The molecule has 4 nitrogen and oxygen atoms in total. The summed E-state index contributed by atoms with van der Waals surface area (Å²) < 4.78 is 0. The van der Waals surface area contributed by atoms with Crippen molar-refractivity contribution in [2.45, 2.75) is 28.4 Å². The SMILES string of the molecule is OC[C@H]1[Se]C[C@H](O)[C@@H](O)[C@@H]1O. The molecule has 0 amide bonds. The molecule has 0 unspecified atom stereocenters. The van der Waals surface area contributed by atoms with E-state index >= 15 is 0 Å². The van der Waals surface area contributed by atoms with Gasteiger partial charge in [-0.15, -0.1) is 0 Å². The zero-order chi connectivity index (χ0) is 8.43. The molecule has 1 fully saturated rings. The molecule has 1 aliphatic heterocycles. The van der Waals surface area contributed by atoms with Crippen LogP contribution in [0.5, 0.6) is 0 Å². The molecule has 1 rings (SSSR count). The first-order chi connectivity index (χ1) is 5.16. The number of aliphatic hydroxyl groups is 4. The number of rotatable bonds is 1. The van der Waals surface area contributed by atoms with Gasteiger partial charge in [0.25, 0.3) is 0 Å². The Morgan fingerprint density at radius 3 is 2.36 bits per heavy atom. The van der Waals surface area contributed by atoms with E-state index in [1.165, 1.54) is 0 Å². The Labute approximate surface area is 71.0 Å². The van der Waals surface area contributed by atoms with Crippen molar-refractivity contribution in [3.05, 3.63) is 0 Å². The van der Waals surface area contributed by atoms with Crippen LogP contribution in [0, 0.1) is 0 Å². The van der Waals surface area contributed by atoms with Crippen LogP contribution in [0.1, 0.15) is 0 Å². The van der Waals surface area contributed by atoms with E-state index in [0.717, 1.165) is 0 Å². The Morgan fingerprint density at radius 2 is 1.82 bits per heavy atom. The predicted octanol–water partition coefficient (Wildman–Crippen LogP) is -2.01. The summed E-state index contributed by atoms with van der Waals surface area (Å²) in [4.78, 5) is -0.221. The van der Waals surface area contributed by atoms with Gasteiger partial charge in [-0.05, 0) is 0 Å². The first-order valence-electron chi connectivity index (χ1n) is 3.43. The van der Waals surface area contributed by atoms with E-state index in [9.17, 15) is 5.11 Å². The zero-order valence-electron chi connectivity index (χ0n) is 5.92. The van der Waals surface area contributed by atoms with Crippen LogP contribution >= 0.6 is 0 Å². The Kier molecular flexibility index (Phi) is 3.30. The molecule has 0 aromatic carbocycles. The number of hydrogen-bond donors (Lipinski definition) is 4. The Hall–Kier alpha value is 0.359. The summed E-state index contributed by atoms with van der Waals surface area (Å²) in [5, 5.41) is 36.7. The molecule has 0 radical (unpaired) electrons. The first kappa shape index (κ1) is 9.45. The predicted molar refractivity (Wildman–Crippen MR) is 39.4 cm³/mol. The molecule has 0 saturated carbocycles. The van der Waals surface area contributed by atoms with Gasteiger partial charge in [0.2, 0.25) is 0 Å². The fraction of sp³-hybridized carbons (Fsp3) is 1.00. The fourth-order valence-electron chi connectivity index (χ4n) is 1.03. The van der Waals surface area contributed by atoms with Crippen LogP contribution in [-0.4, -0.2) is 60.3 Å². The molecule has 1 aliphatic rings. The molecule has 11 heavy (non-hydrogen) atoms. The van der Waals surface area contributed by atoms with E-state index in [-0.39, 0.29) is 26.4 Å². The van der Waals surface area contributed by atoms with Crippen LogP contribution in [0.3, 0.4) is 0 Å². The second kappa shape index (κ2) is 3.85. The van der Waals surface area contributed by atoms with Gasteiger partial charge in [-0.25, -0.2) is 0 Å². The molecule has 0 spiro atoms. The van der Waals surface area contributed by atoms with E-state index < -0.39 is 18.3 Å². The summed E-state index contributed by atoms with van der Waals surface area (Å²) in [6.45, 7) is -0.106. The third kappa shape index (κ3) is 1.93. The van der Waals surface area contributed by atoms with Crippen LogP contribution in [0.2, 0.25) is 10.1 Å². The molecular formula is C6H12O4Se. The third-order valence-electron chi connectivity index (χ3n) is 1.79. The summed E-state index contributed by atoms with van der Waals surface area (Å²) >= 11 is 0.0345. The van der Waals surface area contributed by atoms with Gasteiger partial charge in [-0.1, -0.05) is 0 Å². The zero-order valence-corrected chi connectivity index (χ0v) is 7.63. The van der Waals surface area contributed by atoms with E-state index in [4.69, 9.17) is 15.3 Å². The van der Waals surface area contributed by atoms with Gasteiger partial charge < -0.3 is 0 Å². The Morgan fingerprint density at radius 1 is 1.18 bits per heavy atom. The molecule has 1 saturated heterocycles. The van der Waals surface area contributed by atoms with Gasteiger partial charge in [-0.3, -0.25) is 0 Å². The molecule has 5 heteroatoms. The Bertz CT molecular complexity index is 130. The summed E-state index contributed by atoms with van der Waals surface area (Å²) in [5.74, 6) is 0. The maximum atomic E-state index is 9.25. The van der Waals surface area contributed by atoms with Crippen molar-refractivity contribution >= 4 is 15.0 Å². The molecule has 4 atom stereocenters. The Balaban J connectivity index is 2.52. The summed E-state index contributed by atoms with van der Waals surface area (Å²) in [5.41, 5.74) is 0. The normalized spacial score (nSPS) is 45.8. The third-order valence-corrected chi connectivity index (χ3v) is 4.70. The molecule has 4 N–H and O–H groups in total. The number of aliphatic hydroxyl groups excluding tert-OH is 4.